The van der Waals surface area contributed by atoms with Crippen LogP contribution in [0.25, 0.3) is 11.3 Å². The number of ether oxygens (including phenoxy) is 1. The maximum Gasteiger partial charge on any atom is 0.258 e. The van der Waals surface area contributed by atoms with Crippen LogP contribution in [0.1, 0.15) is 15.9 Å². The summed E-state index contributed by atoms with van der Waals surface area (Å²) in [5.74, 6) is -0.178. The molecule has 6 heteroatoms. The van der Waals surface area contributed by atoms with Gasteiger partial charge in [-0.15, -0.1) is 11.3 Å². The molecule has 4 nitrogen and oxygen atoms in total. The molecule has 3 aromatic rings. The first kappa shape index (κ1) is 17.8. The van der Waals surface area contributed by atoms with Crippen molar-refractivity contribution in [1.82, 2.24) is 4.98 Å². The lowest BCUT2D eigenvalue weighted by Crippen LogP contribution is -2.12. The third kappa shape index (κ3) is 4.54. The number of thiazole rings is 1. The van der Waals surface area contributed by atoms with E-state index >= 15 is 0 Å². The molecule has 1 heterocycles. The van der Waals surface area contributed by atoms with Crippen molar-refractivity contribution in [1.29, 1.82) is 0 Å². The van der Waals surface area contributed by atoms with Gasteiger partial charge in [-0.2, -0.15) is 0 Å². The van der Waals surface area contributed by atoms with E-state index in [9.17, 15) is 4.79 Å². The van der Waals surface area contributed by atoms with E-state index in [2.05, 4.69) is 38.4 Å². The molecular formula is C19H17BrN2O2S. The van der Waals surface area contributed by atoms with Gasteiger partial charge >= 0.3 is 0 Å². The molecule has 0 radical (unpaired) electrons. The standard InChI is InChI=1S/C19H17BrN2O2S/c1-24-11-10-13-6-8-14(9-7-13)17-12-25-19(21-17)22-18(23)15-4-2-3-5-16(15)20/h2-9,12H,10-11H2,1H3,(H,21,22,23). The Morgan fingerprint density at radius 1 is 1.20 bits per heavy atom. The quantitative estimate of drug-likeness (QED) is 0.613. The molecule has 0 aliphatic carbocycles. The predicted molar refractivity (Wildman–Crippen MR) is 105 cm³/mol. The van der Waals surface area contributed by atoms with Crippen molar-refractivity contribution >= 4 is 38.3 Å². The summed E-state index contributed by atoms with van der Waals surface area (Å²) in [7, 11) is 1.70. The fraction of sp³-hybridized carbons (Fsp3) is 0.158. The Kier molecular flexibility index (Phi) is 5.96. The Labute approximate surface area is 159 Å². The molecule has 1 N–H and O–H groups in total. The maximum absolute atomic E-state index is 12.3. The van der Waals surface area contributed by atoms with Crippen LogP contribution in [0.15, 0.2) is 58.4 Å². The van der Waals surface area contributed by atoms with Crippen molar-refractivity contribution in [2.75, 3.05) is 19.0 Å². The maximum atomic E-state index is 12.3. The summed E-state index contributed by atoms with van der Waals surface area (Å²) in [5.41, 5.74) is 3.69. The molecule has 0 bridgehead atoms. The summed E-state index contributed by atoms with van der Waals surface area (Å²) >= 11 is 4.80. The van der Waals surface area contributed by atoms with Crippen LogP contribution in [-0.4, -0.2) is 24.6 Å². The van der Waals surface area contributed by atoms with Gasteiger partial charge in [-0.3, -0.25) is 10.1 Å². The van der Waals surface area contributed by atoms with Crippen LogP contribution in [0.3, 0.4) is 0 Å². The lowest BCUT2D eigenvalue weighted by atomic mass is 10.1. The minimum atomic E-state index is -0.178. The van der Waals surface area contributed by atoms with Crippen LogP contribution < -0.4 is 5.32 Å². The fourth-order valence-corrected chi connectivity index (χ4v) is 3.52. The number of hydrogen-bond donors (Lipinski definition) is 1. The van der Waals surface area contributed by atoms with Crippen molar-refractivity contribution in [3.63, 3.8) is 0 Å². The highest BCUT2D eigenvalue weighted by molar-refractivity contribution is 9.10. The average molecular weight is 417 g/mol. The number of nitrogens with zero attached hydrogens (tertiary/aromatic N) is 1. The van der Waals surface area contributed by atoms with E-state index in [0.29, 0.717) is 17.3 Å². The number of hydrogen-bond acceptors (Lipinski definition) is 4. The first-order valence-electron chi connectivity index (χ1n) is 7.77. The van der Waals surface area contributed by atoms with E-state index in [1.807, 2.05) is 35.7 Å². The number of anilines is 1. The highest BCUT2D eigenvalue weighted by Gasteiger charge is 2.12. The minimum absolute atomic E-state index is 0.178. The third-order valence-electron chi connectivity index (χ3n) is 3.69. The van der Waals surface area contributed by atoms with Crippen LogP contribution in [0.2, 0.25) is 0 Å². The van der Waals surface area contributed by atoms with Gasteiger partial charge in [0.1, 0.15) is 0 Å². The van der Waals surface area contributed by atoms with Crippen LogP contribution >= 0.6 is 27.3 Å². The number of rotatable bonds is 6. The Balaban J connectivity index is 1.70. The second-order valence-electron chi connectivity index (χ2n) is 5.41. The number of carbonyl (C=O) groups is 1. The monoisotopic (exact) mass is 416 g/mol. The summed E-state index contributed by atoms with van der Waals surface area (Å²) in [6.45, 7) is 0.710. The van der Waals surface area contributed by atoms with E-state index in [0.717, 1.165) is 22.2 Å². The van der Waals surface area contributed by atoms with E-state index in [1.54, 1.807) is 13.2 Å². The number of halogens is 1. The van der Waals surface area contributed by atoms with Gasteiger partial charge in [0.25, 0.3) is 5.91 Å². The van der Waals surface area contributed by atoms with Crippen LogP contribution in [-0.2, 0) is 11.2 Å². The van der Waals surface area contributed by atoms with Gasteiger partial charge in [-0.25, -0.2) is 4.98 Å². The molecule has 25 heavy (non-hydrogen) atoms. The first-order chi connectivity index (χ1) is 12.2. The number of amides is 1. The number of aromatic nitrogens is 1. The molecular weight excluding hydrogens is 400 g/mol. The molecule has 1 amide bonds. The van der Waals surface area contributed by atoms with Crippen molar-refractivity contribution in [2.24, 2.45) is 0 Å². The molecule has 1 aromatic heterocycles. The van der Waals surface area contributed by atoms with Gasteiger partial charge in [-0.1, -0.05) is 36.4 Å². The number of methoxy groups -OCH3 is 1. The molecule has 0 fully saturated rings. The second kappa shape index (κ2) is 8.38. The predicted octanol–water partition coefficient (Wildman–Crippen LogP) is 5.01. The summed E-state index contributed by atoms with van der Waals surface area (Å²) in [4.78, 5) is 16.9. The Hall–Kier alpha value is -2.02. The minimum Gasteiger partial charge on any atom is -0.384 e. The van der Waals surface area contributed by atoms with Gasteiger partial charge < -0.3 is 4.74 Å². The van der Waals surface area contributed by atoms with Gasteiger partial charge in [0, 0.05) is 22.5 Å². The van der Waals surface area contributed by atoms with E-state index in [-0.39, 0.29) is 5.91 Å². The SMILES string of the molecule is COCCc1ccc(-c2csc(NC(=O)c3ccccc3Br)n2)cc1. The van der Waals surface area contributed by atoms with Gasteiger partial charge in [-0.05, 0) is 40.0 Å². The van der Waals surface area contributed by atoms with Crippen molar-refractivity contribution in [3.05, 3.63) is 69.5 Å². The van der Waals surface area contributed by atoms with E-state index in [4.69, 9.17) is 4.74 Å². The normalized spacial score (nSPS) is 10.6. The Bertz CT molecular complexity index is 862. The molecule has 0 saturated heterocycles. The van der Waals surface area contributed by atoms with E-state index < -0.39 is 0 Å². The molecule has 128 valence electrons. The average Bonchev–Trinajstić information content (AvgIpc) is 3.09. The Morgan fingerprint density at radius 2 is 1.96 bits per heavy atom. The van der Waals surface area contributed by atoms with Crippen molar-refractivity contribution in [2.45, 2.75) is 6.42 Å². The largest absolute Gasteiger partial charge is 0.384 e. The highest BCUT2D eigenvalue weighted by atomic mass is 79.9. The molecule has 0 aliphatic heterocycles. The molecule has 2 aromatic carbocycles. The van der Waals surface area contributed by atoms with Crippen molar-refractivity contribution in [3.8, 4) is 11.3 Å². The first-order valence-corrected chi connectivity index (χ1v) is 9.44. The number of carbonyl (C=O) groups excluding carboxylic acids is 1. The molecule has 0 unspecified atom stereocenters. The van der Waals surface area contributed by atoms with E-state index in [1.165, 1.54) is 16.9 Å². The summed E-state index contributed by atoms with van der Waals surface area (Å²) in [6.07, 6.45) is 0.890. The van der Waals surface area contributed by atoms with Gasteiger partial charge in [0.15, 0.2) is 5.13 Å². The molecule has 0 atom stereocenters. The zero-order chi connectivity index (χ0) is 17.6. The zero-order valence-electron chi connectivity index (χ0n) is 13.7. The van der Waals surface area contributed by atoms with Gasteiger partial charge in [0.05, 0.1) is 17.9 Å². The van der Waals surface area contributed by atoms with Crippen LogP contribution in [0, 0.1) is 0 Å². The summed E-state index contributed by atoms with van der Waals surface area (Å²) in [6, 6.07) is 15.6. The van der Waals surface area contributed by atoms with Crippen molar-refractivity contribution < 1.29 is 9.53 Å². The molecule has 0 aliphatic rings. The lowest BCUT2D eigenvalue weighted by molar-refractivity contribution is 0.102. The Morgan fingerprint density at radius 3 is 2.68 bits per heavy atom. The van der Waals surface area contributed by atoms with Gasteiger partial charge in [0.2, 0.25) is 0 Å². The topological polar surface area (TPSA) is 51.2 Å². The second-order valence-corrected chi connectivity index (χ2v) is 7.12. The van der Waals surface area contributed by atoms with Crippen LogP contribution in [0.5, 0.6) is 0 Å². The lowest BCUT2D eigenvalue weighted by Gasteiger charge is -2.04. The zero-order valence-corrected chi connectivity index (χ0v) is 16.1. The summed E-state index contributed by atoms with van der Waals surface area (Å²) < 4.78 is 5.85. The summed E-state index contributed by atoms with van der Waals surface area (Å²) in [5, 5.41) is 5.38. The third-order valence-corrected chi connectivity index (χ3v) is 5.14. The molecule has 3 rings (SSSR count). The number of benzene rings is 2. The highest BCUT2D eigenvalue weighted by Crippen LogP contribution is 2.26. The molecule has 0 saturated carbocycles. The molecule has 0 spiro atoms. The smallest absolute Gasteiger partial charge is 0.258 e. The van der Waals surface area contributed by atoms with Crippen LogP contribution in [0.4, 0.5) is 5.13 Å². The fourth-order valence-electron chi connectivity index (χ4n) is 2.34. The number of nitrogens with one attached hydrogen (secondary N) is 1.